The molecule has 1 aromatic rings. The van der Waals surface area contributed by atoms with Crippen LogP contribution in [0.2, 0.25) is 0 Å². The number of phenolic OH excluding ortho intramolecular Hbond substituents is 1. The number of methoxy groups -OCH3 is 1. The normalized spacial score (nSPS) is 10.9. The summed E-state index contributed by atoms with van der Waals surface area (Å²) in [7, 11) is 1.54. The van der Waals surface area contributed by atoms with Crippen molar-refractivity contribution in [1.82, 2.24) is 5.32 Å². The molecule has 2 N–H and O–H groups in total. The maximum absolute atomic E-state index is 11.5. The standard InChI is InChI=1S/C13H19NO4/c1-13(2,3)18-12(16)14-8-9-7-10(17-4)5-6-11(9)15/h5-7,15H,8H2,1-4H3,(H,14,16). The van der Waals surface area contributed by atoms with E-state index in [1.165, 1.54) is 13.2 Å². The maximum atomic E-state index is 11.5. The fourth-order valence-corrected chi connectivity index (χ4v) is 1.31. The molecule has 0 bridgehead atoms. The van der Waals surface area contributed by atoms with Crippen LogP contribution >= 0.6 is 0 Å². The molecule has 0 saturated heterocycles. The second-order valence-corrected chi connectivity index (χ2v) is 4.85. The summed E-state index contributed by atoms with van der Waals surface area (Å²) >= 11 is 0. The molecule has 1 aromatic carbocycles. The molecule has 1 rings (SSSR count). The van der Waals surface area contributed by atoms with E-state index in [0.29, 0.717) is 11.3 Å². The lowest BCUT2D eigenvalue weighted by molar-refractivity contribution is 0.0523. The number of benzene rings is 1. The van der Waals surface area contributed by atoms with E-state index >= 15 is 0 Å². The average molecular weight is 253 g/mol. The van der Waals surface area contributed by atoms with E-state index in [1.54, 1.807) is 32.9 Å². The molecule has 0 saturated carbocycles. The fourth-order valence-electron chi connectivity index (χ4n) is 1.31. The van der Waals surface area contributed by atoms with Gasteiger partial charge in [0.25, 0.3) is 0 Å². The number of hydrogen-bond donors (Lipinski definition) is 2. The molecule has 0 aromatic heterocycles. The maximum Gasteiger partial charge on any atom is 0.407 e. The van der Waals surface area contributed by atoms with Crippen LogP contribution in [-0.2, 0) is 11.3 Å². The summed E-state index contributed by atoms with van der Waals surface area (Å²) in [6.07, 6.45) is -0.523. The van der Waals surface area contributed by atoms with E-state index in [9.17, 15) is 9.90 Å². The number of ether oxygens (including phenoxy) is 2. The molecular formula is C13H19NO4. The number of rotatable bonds is 3. The van der Waals surface area contributed by atoms with Crippen LogP contribution in [0, 0.1) is 0 Å². The fraction of sp³-hybridized carbons (Fsp3) is 0.462. The predicted molar refractivity (Wildman–Crippen MR) is 67.7 cm³/mol. The predicted octanol–water partition coefficient (Wildman–Crippen LogP) is 2.43. The van der Waals surface area contributed by atoms with Crippen molar-refractivity contribution in [3.05, 3.63) is 23.8 Å². The van der Waals surface area contributed by atoms with Crippen LogP contribution in [0.3, 0.4) is 0 Å². The second-order valence-electron chi connectivity index (χ2n) is 4.85. The van der Waals surface area contributed by atoms with Crippen molar-refractivity contribution in [3.63, 3.8) is 0 Å². The zero-order valence-corrected chi connectivity index (χ0v) is 11.1. The SMILES string of the molecule is COc1ccc(O)c(CNC(=O)OC(C)(C)C)c1. The minimum Gasteiger partial charge on any atom is -0.508 e. The van der Waals surface area contributed by atoms with Crippen molar-refractivity contribution in [1.29, 1.82) is 0 Å². The van der Waals surface area contributed by atoms with Gasteiger partial charge in [-0.3, -0.25) is 0 Å². The molecule has 5 nitrogen and oxygen atoms in total. The highest BCUT2D eigenvalue weighted by Gasteiger charge is 2.16. The summed E-state index contributed by atoms with van der Waals surface area (Å²) in [5, 5.41) is 12.2. The first kappa shape index (κ1) is 14.2. The van der Waals surface area contributed by atoms with Crippen LogP contribution in [0.4, 0.5) is 4.79 Å². The van der Waals surface area contributed by atoms with Crippen LogP contribution in [0.1, 0.15) is 26.3 Å². The lowest BCUT2D eigenvalue weighted by Gasteiger charge is -2.19. The number of phenols is 1. The molecule has 0 radical (unpaired) electrons. The van der Waals surface area contributed by atoms with E-state index < -0.39 is 11.7 Å². The summed E-state index contributed by atoms with van der Waals surface area (Å²) in [5.41, 5.74) is 0.0285. The molecule has 0 aliphatic heterocycles. The lowest BCUT2D eigenvalue weighted by atomic mass is 10.2. The van der Waals surface area contributed by atoms with Gasteiger partial charge < -0.3 is 19.9 Å². The molecule has 0 fully saturated rings. The van der Waals surface area contributed by atoms with Gasteiger partial charge in [-0.1, -0.05) is 0 Å². The van der Waals surface area contributed by atoms with E-state index in [2.05, 4.69) is 5.32 Å². The number of aromatic hydroxyl groups is 1. The summed E-state index contributed by atoms with van der Waals surface area (Å²) in [6, 6.07) is 4.82. The van der Waals surface area contributed by atoms with Gasteiger partial charge in [0.05, 0.1) is 7.11 Å². The van der Waals surface area contributed by atoms with Crippen molar-refractivity contribution >= 4 is 6.09 Å². The summed E-state index contributed by atoms with van der Waals surface area (Å²) in [6.45, 7) is 5.54. The number of carbonyl (C=O) groups is 1. The Labute approximate surface area is 107 Å². The van der Waals surface area contributed by atoms with Gasteiger partial charge in [0.1, 0.15) is 17.1 Å². The van der Waals surface area contributed by atoms with Crippen molar-refractivity contribution in [3.8, 4) is 11.5 Å². The Morgan fingerprint density at radius 3 is 2.61 bits per heavy atom. The van der Waals surface area contributed by atoms with Gasteiger partial charge in [-0.2, -0.15) is 0 Å². The highest BCUT2D eigenvalue weighted by molar-refractivity contribution is 5.67. The van der Waals surface area contributed by atoms with Gasteiger partial charge >= 0.3 is 6.09 Å². The largest absolute Gasteiger partial charge is 0.508 e. The van der Waals surface area contributed by atoms with E-state index in [4.69, 9.17) is 9.47 Å². The van der Waals surface area contributed by atoms with Gasteiger partial charge in [-0.25, -0.2) is 4.79 Å². The molecule has 0 unspecified atom stereocenters. The minimum absolute atomic E-state index is 0.104. The molecule has 5 heteroatoms. The molecule has 100 valence electrons. The Morgan fingerprint density at radius 2 is 2.06 bits per heavy atom. The Kier molecular flexibility index (Phi) is 4.42. The van der Waals surface area contributed by atoms with Gasteiger partial charge in [-0.15, -0.1) is 0 Å². The molecule has 0 heterocycles. The number of amides is 1. The first-order valence-corrected chi connectivity index (χ1v) is 5.64. The third-order valence-corrected chi connectivity index (χ3v) is 2.11. The average Bonchev–Trinajstić information content (AvgIpc) is 2.25. The van der Waals surface area contributed by atoms with Gasteiger partial charge in [0.2, 0.25) is 0 Å². The Bertz CT molecular complexity index is 423. The Morgan fingerprint density at radius 1 is 1.39 bits per heavy atom. The molecule has 0 atom stereocenters. The van der Waals surface area contributed by atoms with Crippen LogP contribution < -0.4 is 10.1 Å². The number of hydrogen-bond acceptors (Lipinski definition) is 4. The van der Waals surface area contributed by atoms with Crippen molar-refractivity contribution in [2.24, 2.45) is 0 Å². The highest BCUT2D eigenvalue weighted by Crippen LogP contribution is 2.22. The smallest absolute Gasteiger partial charge is 0.407 e. The monoisotopic (exact) mass is 253 g/mol. The van der Waals surface area contributed by atoms with Crippen LogP contribution in [0.5, 0.6) is 11.5 Å². The molecule has 0 aliphatic carbocycles. The van der Waals surface area contributed by atoms with Crippen LogP contribution in [-0.4, -0.2) is 23.9 Å². The van der Waals surface area contributed by atoms with Crippen LogP contribution in [0.25, 0.3) is 0 Å². The Balaban J connectivity index is 2.60. The van der Waals surface area contributed by atoms with Gasteiger partial charge in [-0.05, 0) is 39.0 Å². The third-order valence-electron chi connectivity index (χ3n) is 2.11. The van der Waals surface area contributed by atoms with E-state index in [0.717, 1.165) is 0 Å². The summed E-state index contributed by atoms with van der Waals surface area (Å²) in [4.78, 5) is 11.5. The van der Waals surface area contributed by atoms with E-state index in [1.807, 2.05) is 0 Å². The molecular weight excluding hydrogens is 234 g/mol. The molecule has 0 spiro atoms. The molecule has 18 heavy (non-hydrogen) atoms. The van der Waals surface area contributed by atoms with E-state index in [-0.39, 0.29) is 12.3 Å². The van der Waals surface area contributed by atoms with Gasteiger partial charge in [0, 0.05) is 12.1 Å². The van der Waals surface area contributed by atoms with Crippen molar-refractivity contribution in [2.75, 3.05) is 7.11 Å². The summed E-state index contributed by atoms with van der Waals surface area (Å²) in [5.74, 6) is 0.723. The lowest BCUT2D eigenvalue weighted by Crippen LogP contribution is -2.32. The summed E-state index contributed by atoms with van der Waals surface area (Å²) < 4.78 is 10.1. The Hall–Kier alpha value is -1.91. The first-order valence-electron chi connectivity index (χ1n) is 5.64. The number of nitrogens with one attached hydrogen (secondary N) is 1. The number of carbonyl (C=O) groups excluding carboxylic acids is 1. The number of alkyl carbamates (subject to hydrolysis) is 1. The molecule has 0 aliphatic rings. The van der Waals surface area contributed by atoms with Crippen LogP contribution in [0.15, 0.2) is 18.2 Å². The van der Waals surface area contributed by atoms with Crippen molar-refractivity contribution < 1.29 is 19.4 Å². The highest BCUT2D eigenvalue weighted by atomic mass is 16.6. The third kappa shape index (κ3) is 4.53. The van der Waals surface area contributed by atoms with Gasteiger partial charge in [0.15, 0.2) is 0 Å². The first-order chi connectivity index (χ1) is 8.31. The quantitative estimate of drug-likeness (QED) is 0.868. The topological polar surface area (TPSA) is 67.8 Å². The van der Waals surface area contributed by atoms with Crippen molar-refractivity contribution in [2.45, 2.75) is 32.9 Å². The second kappa shape index (κ2) is 5.62. The minimum atomic E-state index is -0.541. The molecule has 1 amide bonds. The zero-order chi connectivity index (χ0) is 13.8. The zero-order valence-electron chi connectivity index (χ0n) is 11.1.